The maximum absolute atomic E-state index is 13.3. The van der Waals surface area contributed by atoms with Crippen LogP contribution in [0.15, 0.2) is 48.5 Å². The molecule has 0 aliphatic carbocycles. The van der Waals surface area contributed by atoms with Gasteiger partial charge >= 0.3 is 6.03 Å². The normalized spacial score (nSPS) is 17.6. The van der Waals surface area contributed by atoms with Crippen LogP contribution in [0.5, 0.6) is 5.75 Å². The lowest BCUT2D eigenvalue weighted by molar-refractivity contribution is 0.0585. The van der Waals surface area contributed by atoms with Gasteiger partial charge in [0.2, 0.25) is 0 Å². The van der Waals surface area contributed by atoms with Gasteiger partial charge in [-0.25, -0.2) is 4.79 Å². The van der Waals surface area contributed by atoms with Crippen molar-refractivity contribution < 1.29 is 14.3 Å². The molecule has 0 bridgehead atoms. The number of hydrogen-bond donors (Lipinski definition) is 1. The van der Waals surface area contributed by atoms with E-state index in [0.717, 1.165) is 36.3 Å². The van der Waals surface area contributed by atoms with Crippen LogP contribution in [-0.2, 0) is 0 Å². The molecule has 1 N–H and O–H groups in total. The van der Waals surface area contributed by atoms with Crippen LogP contribution in [0.25, 0.3) is 0 Å². The summed E-state index contributed by atoms with van der Waals surface area (Å²) < 4.78 is 5.61. The third kappa shape index (κ3) is 4.37. The highest BCUT2D eigenvalue weighted by atomic mass is 32.2. The van der Waals surface area contributed by atoms with E-state index < -0.39 is 0 Å². The van der Waals surface area contributed by atoms with Gasteiger partial charge in [0.15, 0.2) is 0 Å². The zero-order valence-electron chi connectivity index (χ0n) is 18.1. The van der Waals surface area contributed by atoms with Crippen molar-refractivity contribution >= 4 is 29.4 Å². The number of piperidine rings is 1. The molecule has 3 amide bonds. The predicted molar refractivity (Wildman–Crippen MR) is 125 cm³/mol. The molecule has 7 heteroatoms. The molecule has 6 nitrogen and oxygen atoms in total. The Balaban J connectivity index is 1.42. The number of rotatable bonds is 4. The van der Waals surface area contributed by atoms with Crippen molar-refractivity contribution in [2.45, 2.75) is 31.6 Å². The topological polar surface area (TPSA) is 61.9 Å². The Bertz CT molecular complexity index is 957. The van der Waals surface area contributed by atoms with Gasteiger partial charge in [-0.05, 0) is 50.5 Å². The summed E-state index contributed by atoms with van der Waals surface area (Å²) in [6.07, 6.45) is 1.55. The van der Waals surface area contributed by atoms with Crippen LogP contribution in [0.1, 0.15) is 35.7 Å². The Hall–Kier alpha value is -2.67. The highest BCUT2D eigenvalue weighted by molar-refractivity contribution is 8.00. The van der Waals surface area contributed by atoms with E-state index in [1.807, 2.05) is 83.9 Å². The summed E-state index contributed by atoms with van der Waals surface area (Å²) in [7, 11) is 0. The molecule has 2 aromatic carbocycles. The maximum Gasteiger partial charge on any atom is 0.321 e. The number of likely N-dealkylation sites (tertiary alicyclic amines) is 1. The lowest BCUT2D eigenvalue weighted by Gasteiger charge is -2.44. The molecule has 0 saturated carbocycles. The Morgan fingerprint density at radius 2 is 1.77 bits per heavy atom. The van der Waals surface area contributed by atoms with Gasteiger partial charge in [0.05, 0.1) is 17.2 Å². The summed E-state index contributed by atoms with van der Waals surface area (Å²) >= 11 is 1.86. The van der Waals surface area contributed by atoms with Crippen molar-refractivity contribution in [3.63, 3.8) is 0 Å². The molecule has 0 unspecified atom stereocenters. The number of anilines is 1. The van der Waals surface area contributed by atoms with Gasteiger partial charge in [0.25, 0.3) is 5.91 Å². The second kappa shape index (κ2) is 9.22. The van der Waals surface area contributed by atoms with Gasteiger partial charge in [0.1, 0.15) is 5.75 Å². The van der Waals surface area contributed by atoms with Gasteiger partial charge in [-0.3, -0.25) is 4.79 Å². The molecule has 2 aliphatic heterocycles. The minimum atomic E-state index is -0.223. The number of aryl methyl sites for hydroxylation is 1. The Morgan fingerprint density at radius 3 is 2.52 bits per heavy atom. The minimum Gasteiger partial charge on any atom is -0.492 e. The van der Waals surface area contributed by atoms with E-state index >= 15 is 0 Å². The largest absolute Gasteiger partial charge is 0.492 e. The van der Waals surface area contributed by atoms with Gasteiger partial charge in [-0.1, -0.05) is 30.3 Å². The van der Waals surface area contributed by atoms with Crippen LogP contribution in [-0.4, -0.2) is 58.6 Å². The standard InChI is InChI=1S/C24H29N3O3S/c1-3-30-21-11-7-6-10-20(21)25-23(29)26-14-12-24(13-15-26)27(16-17-31-24)22(28)19-9-5-4-8-18(19)2/h4-11H,3,12-17H2,1-2H3,(H,25,29). The Kier molecular flexibility index (Phi) is 6.41. The first kappa shape index (κ1) is 21.6. The average molecular weight is 440 g/mol. The summed E-state index contributed by atoms with van der Waals surface area (Å²) in [5.74, 6) is 1.71. The number of hydrogen-bond acceptors (Lipinski definition) is 4. The smallest absolute Gasteiger partial charge is 0.321 e. The molecule has 164 valence electrons. The van der Waals surface area contributed by atoms with Crippen LogP contribution in [0.3, 0.4) is 0 Å². The summed E-state index contributed by atoms with van der Waals surface area (Å²) in [6, 6.07) is 15.1. The number of nitrogens with one attached hydrogen (secondary N) is 1. The number of thioether (sulfide) groups is 1. The second-order valence-electron chi connectivity index (χ2n) is 7.91. The molecule has 4 rings (SSSR count). The van der Waals surface area contributed by atoms with Gasteiger partial charge < -0.3 is 19.9 Å². The monoisotopic (exact) mass is 439 g/mol. The molecule has 0 atom stereocenters. The van der Waals surface area contributed by atoms with E-state index in [-0.39, 0.29) is 16.8 Å². The fourth-order valence-corrected chi connectivity index (χ4v) is 5.83. The minimum absolute atomic E-state index is 0.103. The summed E-state index contributed by atoms with van der Waals surface area (Å²) in [6.45, 7) is 6.44. The predicted octanol–water partition coefficient (Wildman–Crippen LogP) is 4.61. The van der Waals surface area contributed by atoms with E-state index in [0.29, 0.717) is 31.1 Å². The van der Waals surface area contributed by atoms with E-state index in [2.05, 4.69) is 5.32 Å². The SMILES string of the molecule is CCOc1ccccc1NC(=O)N1CCC2(CC1)SCCN2C(=O)c1ccccc1C. The van der Waals surface area contributed by atoms with Gasteiger partial charge in [0, 0.05) is 31.0 Å². The fourth-order valence-electron chi connectivity index (χ4n) is 4.37. The van der Waals surface area contributed by atoms with Crippen molar-refractivity contribution in [2.24, 2.45) is 0 Å². The molecule has 0 radical (unpaired) electrons. The highest BCUT2D eigenvalue weighted by Gasteiger charge is 2.47. The average Bonchev–Trinajstić information content (AvgIpc) is 3.18. The first-order valence-corrected chi connectivity index (χ1v) is 11.8. The molecule has 31 heavy (non-hydrogen) atoms. The molecule has 1 spiro atoms. The van der Waals surface area contributed by atoms with Crippen molar-refractivity contribution in [3.8, 4) is 5.75 Å². The zero-order chi connectivity index (χ0) is 21.8. The molecule has 2 aliphatic rings. The van der Waals surface area contributed by atoms with E-state index in [1.165, 1.54) is 0 Å². The summed E-state index contributed by atoms with van der Waals surface area (Å²) in [4.78, 5) is 29.8. The van der Waals surface area contributed by atoms with E-state index in [1.54, 1.807) is 0 Å². The number of amides is 3. The van der Waals surface area contributed by atoms with Crippen LogP contribution in [0.4, 0.5) is 10.5 Å². The number of para-hydroxylation sites is 2. The van der Waals surface area contributed by atoms with Crippen LogP contribution >= 0.6 is 11.8 Å². The fraction of sp³-hybridized carbons (Fsp3) is 0.417. The Morgan fingerprint density at radius 1 is 1.06 bits per heavy atom. The van der Waals surface area contributed by atoms with E-state index in [9.17, 15) is 9.59 Å². The highest BCUT2D eigenvalue weighted by Crippen LogP contribution is 2.44. The third-order valence-electron chi connectivity index (χ3n) is 6.06. The van der Waals surface area contributed by atoms with Crippen LogP contribution < -0.4 is 10.1 Å². The molecule has 2 fully saturated rings. The van der Waals surface area contributed by atoms with E-state index in [4.69, 9.17) is 4.74 Å². The molecular weight excluding hydrogens is 410 g/mol. The second-order valence-corrected chi connectivity index (χ2v) is 9.37. The lowest BCUT2D eigenvalue weighted by Crippen LogP contribution is -2.54. The van der Waals surface area contributed by atoms with Crippen molar-refractivity contribution in [1.82, 2.24) is 9.80 Å². The van der Waals surface area contributed by atoms with Crippen molar-refractivity contribution in [2.75, 3.05) is 37.3 Å². The molecular formula is C24H29N3O3S. The quantitative estimate of drug-likeness (QED) is 0.756. The lowest BCUT2D eigenvalue weighted by atomic mass is 10.00. The summed E-state index contributed by atoms with van der Waals surface area (Å²) in [5.41, 5.74) is 2.46. The summed E-state index contributed by atoms with van der Waals surface area (Å²) in [5, 5.41) is 2.99. The maximum atomic E-state index is 13.3. The molecule has 2 heterocycles. The first-order valence-electron chi connectivity index (χ1n) is 10.8. The zero-order valence-corrected chi connectivity index (χ0v) is 18.9. The first-order chi connectivity index (χ1) is 15.0. The number of benzene rings is 2. The number of nitrogens with zero attached hydrogens (tertiary/aromatic N) is 2. The Labute approximate surface area is 187 Å². The molecule has 0 aromatic heterocycles. The third-order valence-corrected chi connectivity index (χ3v) is 7.61. The van der Waals surface area contributed by atoms with Crippen molar-refractivity contribution in [3.05, 3.63) is 59.7 Å². The van der Waals surface area contributed by atoms with Crippen molar-refractivity contribution in [1.29, 1.82) is 0 Å². The number of ether oxygens (including phenoxy) is 1. The van der Waals surface area contributed by atoms with Gasteiger partial charge in [-0.15, -0.1) is 11.8 Å². The molecule has 2 aromatic rings. The van der Waals surface area contributed by atoms with Gasteiger partial charge in [-0.2, -0.15) is 0 Å². The van der Waals surface area contributed by atoms with Crippen LogP contribution in [0, 0.1) is 6.92 Å². The number of carbonyl (C=O) groups is 2. The number of carbonyl (C=O) groups excluding carboxylic acids is 2. The number of urea groups is 1. The molecule has 2 saturated heterocycles. The van der Waals surface area contributed by atoms with Crippen LogP contribution in [0.2, 0.25) is 0 Å².